The number of hydrogen-bond acceptors (Lipinski definition) is 4. The van der Waals surface area contributed by atoms with E-state index in [1.807, 2.05) is 41.8 Å². The Morgan fingerprint density at radius 3 is 2.92 bits per heavy atom. The number of nitrogens with one attached hydrogen (secondary N) is 1. The monoisotopic (exact) mass is 357 g/mol. The van der Waals surface area contributed by atoms with Gasteiger partial charge in [0, 0.05) is 30.2 Å². The van der Waals surface area contributed by atoms with Gasteiger partial charge in [0.25, 0.3) is 5.56 Å². The molecule has 0 atom stereocenters. The standard InChI is InChI=1S/C18H16ClN3OS/c19-14-5-2-1-4-12(14)10-22-8-7-13-15(11-22)20-17(21-18(13)23)16-6-3-9-24-16/h1-6,9H,7-8,10-11H2,(H,20,21,23). The molecule has 0 radical (unpaired) electrons. The highest BCUT2D eigenvalue weighted by atomic mass is 35.5. The van der Waals surface area contributed by atoms with Crippen molar-refractivity contribution in [3.63, 3.8) is 0 Å². The predicted molar refractivity (Wildman–Crippen MR) is 97.4 cm³/mol. The first-order valence-corrected chi connectivity index (χ1v) is 9.08. The quantitative estimate of drug-likeness (QED) is 0.777. The molecule has 0 spiro atoms. The van der Waals surface area contributed by atoms with E-state index in [1.54, 1.807) is 11.3 Å². The Labute approximate surface area is 148 Å². The molecule has 0 unspecified atom stereocenters. The maximum absolute atomic E-state index is 12.4. The van der Waals surface area contributed by atoms with E-state index >= 15 is 0 Å². The van der Waals surface area contributed by atoms with Crippen molar-refractivity contribution in [2.45, 2.75) is 19.5 Å². The van der Waals surface area contributed by atoms with Gasteiger partial charge in [-0.05, 0) is 29.5 Å². The normalized spacial score (nSPS) is 14.5. The van der Waals surface area contributed by atoms with Crippen molar-refractivity contribution in [3.8, 4) is 10.7 Å². The molecular weight excluding hydrogens is 342 g/mol. The topological polar surface area (TPSA) is 49.0 Å². The summed E-state index contributed by atoms with van der Waals surface area (Å²) >= 11 is 7.84. The number of rotatable bonds is 3. The van der Waals surface area contributed by atoms with Gasteiger partial charge in [-0.3, -0.25) is 9.69 Å². The third-order valence-corrected chi connectivity index (χ3v) is 5.50. The lowest BCUT2D eigenvalue weighted by Gasteiger charge is -2.28. The summed E-state index contributed by atoms with van der Waals surface area (Å²) in [7, 11) is 0. The van der Waals surface area contributed by atoms with Crippen molar-refractivity contribution in [1.29, 1.82) is 0 Å². The van der Waals surface area contributed by atoms with E-state index in [1.165, 1.54) is 0 Å². The van der Waals surface area contributed by atoms with Gasteiger partial charge in [-0.25, -0.2) is 4.98 Å². The number of aromatic nitrogens is 2. The average molecular weight is 358 g/mol. The molecule has 3 aromatic rings. The van der Waals surface area contributed by atoms with Crippen LogP contribution in [0.25, 0.3) is 10.7 Å². The van der Waals surface area contributed by atoms with E-state index in [2.05, 4.69) is 9.88 Å². The van der Waals surface area contributed by atoms with Crippen LogP contribution in [0.3, 0.4) is 0 Å². The van der Waals surface area contributed by atoms with Gasteiger partial charge in [0.05, 0.1) is 10.6 Å². The Kier molecular flexibility index (Phi) is 4.22. The highest BCUT2D eigenvalue weighted by Gasteiger charge is 2.22. The third kappa shape index (κ3) is 3.02. The summed E-state index contributed by atoms with van der Waals surface area (Å²) in [6.07, 6.45) is 0.715. The lowest BCUT2D eigenvalue weighted by molar-refractivity contribution is 0.240. The zero-order valence-corrected chi connectivity index (χ0v) is 14.5. The summed E-state index contributed by atoms with van der Waals surface area (Å²) in [5, 5.41) is 2.76. The van der Waals surface area contributed by atoms with Crippen molar-refractivity contribution in [2.75, 3.05) is 6.54 Å². The van der Waals surface area contributed by atoms with Crippen LogP contribution in [0.5, 0.6) is 0 Å². The molecule has 0 amide bonds. The summed E-state index contributed by atoms with van der Waals surface area (Å²) < 4.78 is 0. The molecular formula is C18H16ClN3OS. The first-order valence-electron chi connectivity index (χ1n) is 7.82. The molecule has 6 heteroatoms. The Bertz CT molecular complexity index is 920. The van der Waals surface area contributed by atoms with Gasteiger partial charge < -0.3 is 4.98 Å². The number of fused-ring (bicyclic) bond motifs is 1. The van der Waals surface area contributed by atoms with Crippen LogP contribution in [0.4, 0.5) is 0 Å². The molecule has 122 valence electrons. The zero-order valence-electron chi connectivity index (χ0n) is 13.0. The molecule has 0 bridgehead atoms. The number of H-pyrrole nitrogens is 1. The van der Waals surface area contributed by atoms with Crippen LogP contribution in [-0.2, 0) is 19.5 Å². The number of halogens is 1. The molecule has 1 N–H and O–H groups in total. The van der Waals surface area contributed by atoms with E-state index in [9.17, 15) is 4.79 Å². The van der Waals surface area contributed by atoms with Crippen LogP contribution in [0.2, 0.25) is 5.02 Å². The van der Waals surface area contributed by atoms with E-state index in [-0.39, 0.29) is 5.56 Å². The number of hydrogen-bond donors (Lipinski definition) is 1. The van der Waals surface area contributed by atoms with Crippen LogP contribution in [0.15, 0.2) is 46.6 Å². The Morgan fingerprint density at radius 1 is 1.25 bits per heavy atom. The lowest BCUT2D eigenvalue weighted by Crippen LogP contribution is -2.35. The molecule has 0 aliphatic carbocycles. The van der Waals surface area contributed by atoms with Crippen LogP contribution in [0.1, 0.15) is 16.8 Å². The Morgan fingerprint density at radius 2 is 2.12 bits per heavy atom. The summed E-state index contributed by atoms with van der Waals surface area (Å²) in [5.74, 6) is 0.661. The summed E-state index contributed by atoms with van der Waals surface area (Å²) in [4.78, 5) is 23.3. The van der Waals surface area contributed by atoms with E-state index in [0.717, 1.165) is 39.8 Å². The predicted octanol–water partition coefficient (Wildman–Crippen LogP) is 3.71. The van der Waals surface area contributed by atoms with E-state index in [4.69, 9.17) is 16.6 Å². The van der Waals surface area contributed by atoms with Crippen molar-refractivity contribution in [3.05, 3.63) is 74.0 Å². The average Bonchev–Trinajstić information content (AvgIpc) is 3.11. The smallest absolute Gasteiger partial charge is 0.254 e. The number of nitrogens with zero attached hydrogens (tertiary/aromatic N) is 2. The largest absolute Gasteiger partial charge is 0.306 e. The second-order valence-corrected chi connectivity index (χ2v) is 7.22. The van der Waals surface area contributed by atoms with Crippen molar-refractivity contribution >= 4 is 22.9 Å². The fourth-order valence-corrected chi connectivity index (χ4v) is 3.89. The molecule has 1 aliphatic heterocycles. The van der Waals surface area contributed by atoms with Crippen LogP contribution in [-0.4, -0.2) is 21.4 Å². The van der Waals surface area contributed by atoms with Gasteiger partial charge in [-0.2, -0.15) is 0 Å². The number of thiophene rings is 1. The van der Waals surface area contributed by atoms with Crippen molar-refractivity contribution in [2.24, 2.45) is 0 Å². The fourth-order valence-electron chi connectivity index (χ4n) is 3.03. The first-order chi connectivity index (χ1) is 11.7. The molecule has 1 aliphatic rings. The first kappa shape index (κ1) is 15.6. The fraction of sp³-hybridized carbons (Fsp3) is 0.222. The van der Waals surface area contributed by atoms with Crippen LogP contribution < -0.4 is 5.56 Å². The molecule has 0 saturated carbocycles. The molecule has 1 aromatic carbocycles. The second kappa shape index (κ2) is 6.51. The molecule has 4 rings (SSSR count). The number of aromatic amines is 1. The minimum Gasteiger partial charge on any atom is -0.306 e. The molecule has 0 fully saturated rings. The lowest BCUT2D eigenvalue weighted by atomic mass is 10.1. The Balaban J connectivity index is 1.62. The Hall–Kier alpha value is -1.95. The van der Waals surface area contributed by atoms with Gasteiger partial charge in [-0.1, -0.05) is 35.9 Å². The maximum atomic E-state index is 12.4. The summed E-state index contributed by atoms with van der Waals surface area (Å²) in [5.41, 5.74) is 2.78. The second-order valence-electron chi connectivity index (χ2n) is 5.87. The molecule has 24 heavy (non-hydrogen) atoms. The van der Waals surface area contributed by atoms with Crippen molar-refractivity contribution in [1.82, 2.24) is 14.9 Å². The minimum atomic E-state index is -0.0132. The molecule has 2 aromatic heterocycles. The van der Waals surface area contributed by atoms with Gasteiger partial charge in [0.15, 0.2) is 5.82 Å². The van der Waals surface area contributed by atoms with Crippen molar-refractivity contribution < 1.29 is 0 Å². The third-order valence-electron chi connectivity index (χ3n) is 4.26. The van der Waals surface area contributed by atoms with Gasteiger partial charge in [0.2, 0.25) is 0 Å². The highest BCUT2D eigenvalue weighted by molar-refractivity contribution is 7.13. The highest BCUT2D eigenvalue weighted by Crippen LogP contribution is 2.24. The zero-order chi connectivity index (χ0) is 16.5. The molecule has 3 heterocycles. The summed E-state index contributed by atoms with van der Waals surface area (Å²) in [6, 6.07) is 11.8. The maximum Gasteiger partial charge on any atom is 0.254 e. The van der Waals surface area contributed by atoms with E-state index < -0.39 is 0 Å². The van der Waals surface area contributed by atoms with Crippen LogP contribution >= 0.6 is 22.9 Å². The van der Waals surface area contributed by atoms with Crippen LogP contribution in [0, 0.1) is 0 Å². The van der Waals surface area contributed by atoms with E-state index in [0.29, 0.717) is 18.8 Å². The summed E-state index contributed by atoms with van der Waals surface area (Å²) in [6.45, 7) is 2.27. The van der Waals surface area contributed by atoms with Gasteiger partial charge >= 0.3 is 0 Å². The SMILES string of the molecule is O=c1[nH]c(-c2cccs2)nc2c1CCN(Cc1ccccc1Cl)C2. The van der Waals surface area contributed by atoms with Gasteiger partial charge in [0.1, 0.15) is 0 Å². The molecule has 0 saturated heterocycles. The number of benzene rings is 1. The van der Waals surface area contributed by atoms with Gasteiger partial charge in [-0.15, -0.1) is 11.3 Å². The minimum absolute atomic E-state index is 0.0132. The molecule has 4 nitrogen and oxygen atoms in total.